The summed E-state index contributed by atoms with van der Waals surface area (Å²) in [6, 6.07) is 3.42. The van der Waals surface area contributed by atoms with Crippen LogP contribution in [0.1, 0.15) is 32.8 Å². The van der Waals surface area contributed by atoms with Crippen molar-refractivity contribution in [3.8, 4) is 0 Å². The lowest BCUT2D eigenvalue weighted by Gasteiger charge is -2.19. The maximum Gasteiger partial charge on any atom is 0.191 e. The number of guanidine groups is 1. The Labute approximate surface area is 119 Å². The van der Waals surface area contributed by atoms with Gasteiger partial charge in [0.1, 0.15) is 11.6 Å². The highest BCUT2D eigenvalue weighted by atomic mass is 19.1. The molecular weight excluding hydrogens is 260 g/mol. The van der Waals surface area contributed by atoms with Crippen molar-refractivity contribution in [3.05, 3.63) is 35.4 Å². The highest BCUT2D eigenvalue weighted by molar-refractivity contribution is 5.79. The van der Waals surface area contributed by atoms with Gasteiger partial charge in [-0.3, -0.25) is 4.99 Å². The lowest BCUT2D eigenvalue weighted by molar-refractivity contribution is 0.377. The van der Waals surface area contributed by atoms with E-state index in [4.69, 9.17) is 0 Å². The molecule has 0 spiro atoms. The van der Waals surface area contributed by atoms with Crippen molar-refractivity contribution >= 4 is 5.96 Å². The van der Waals surface area contributed by atoms with Crippen molar-refractivity contribution in [2.75, 3.05) is 13.6 Å². The molecule has 0 unspecified atom stereocenters. The van der Waals surface area contributed by atoms with Crippen LogP contribution in [0.2, 0.25) is 0 Å². The number of hydrogen-bond acceptors (Lipinski definition) is 1. The molecule has 5 heteroatoms. The number of halogens is 2. The Morgan fingerprint density at radius 1 is 1.20 bits per heavy atom. The lowest BCUT2D eigenvalue weighted by Crippen LogP contribution is -2.38. The van der Waals surface area contributed by atoms with Gasteiger partial charge in [0.25, 0.3) is 0 Å². The fourth-order valence-electron chi connectivity index (χ4n) is 1.63. The molecule has 3 nitrogen and oxygen atoms in total. The molecule has 0 atom stereocenters. The molecule has 0 aromatic heterocycles. The van der Waals surface area contributed by atoms with Gasteiger partial charge in [-0.15, -0.1) is 0 Å². The van der Waals surface area contributed by atoms with Crippen LogP contribution in [-0.2, 0) is 6.54 Å². The third kappa shape index (κ3) is 5.99. The van der Waals surface area contributed by atoms with Gasteiger partial charge in [0.05, 0.1) is 0 Å². The van der Waals surface area contributed by atoms with Gasteiger partial charge in [-0.25, -0.2) is 8.78 Å². The summed E-state index contributed by atoms with van der Waals surface area (Å²) in [5, 5.41) is 6.13. The van der Waals surface area contributed by atoms with E-state index in [0.29, 0.717) is 5.96 Å². The summed E-state index contributed by atoms with van der Waals surface area (Å²) < 4.78 is 26.5. The van der Waals surface area contributed by atoms with E-state index >= 15 is 0 Å². The van der Waals surface area contributed by atoms with Gasteiger partial charge >= 0.3 is 0 Å². The van der Waals surface area contributed by atoms with Gasteiger partial charge in [-0.1, -0.05) is 20.8 Å². The number of nitrogens with zero attached hydrogens (tertiary/aromatic N) is 1. The minimum absolute atomic E-state index is 0.193. The van der Waals surface area contributed by atoms with E-state index in [1.54, 1.807) is 7.05 Å². The molecule has 112 valence electrons. The molecule has 0 heterocycles. The Morgan fingerprint density at radius 2 is 1.90 bits per heavy atom. The van der Waals surface area contributed by atoms with Crippen molar-refractivity contribution < 1.29 is 8.78 Å². The SMILES string of the molecule is CN=C(NCCC(C)(C)C)NCc1cc(F)ccc1F. The maximum absolute atomic E-state index is 13.5. The summed E-state index contributed by atoms with van der Waals surface area (Å²) in [5.74, 6) is -0.291. The van der Waals surface area contributed by atoms with Crippen LogP contribution in [0, 0.1) is 17.0 Å². The van der Waals surface area contributed by atoms with E-state index in [9.17, 15) is 8.78 Å². The lowest BCUT2D eigenvalue weighted by atomic mass is 9.92. The zero-order chi connectivity index (χ0) is 15.2. The first-order valence-electron chi connectivity index (χ1n) is 6.70. The molecule has 0 aliphatic carbocycles. The molecule has 0 aliphatic rings. The monoisotopic (exact) mass is 283 g/mol. The summed E-state index contributed by atoms with van der Waals surface area (Å²) >= 11 is 0. The van der Waals surface area contributed by atoms with Crippen LogP contribution in [0.4, 0.5) is 8.78 Å². The van der Waals surface area contributed by atoms with Crippen molar-refractivity contribution in [2.45, 2.75) is 33.7 Å². The second-order valence-electron chi connectivity index (χ2n) is 5.90. The first-order chi connectivity index (χ1) is 9.31. The first-order valence-corrected chi connectivity index (χ1v) is 6.70. The van der Waals surface area contributed by atoms with Crippen LogP contribution < -0.4 is 10.6 Å². The number of rotatable bonds is 4. The Bertz CT molecular complexity index is 465. The summed E-state index contributed by atoms with van der Waals surface area (Å²) in [4.78, 5) is 4.05. The van der Waals surface area contributed by atoms with E-state index in [1.165, 1.54) is 6.07 Å². The largest absolute Gasteiger partial charge is 0.356 e. The van der Waals surface area contributed by atoms with Crippen LogP contribution in [0.25, 0.3) is 0 Å². The van der Waals surface area contributed by atoms with Gasteiger partial charge in [0, 0.05) is 25.7 Å². The summed E-state index contributed by atoms with van der Waals surface area (Å²) in [6.45, 7) is 7.45. The summed E-state index contributed by atoms with van der Waals surface area (Å²) in [7, 11) is 1.65. The number of aliphatic imine (C=N–C) groups is 1. The van der Waals surface area contributed by atoms with Crippen LogP contribution in [0.3, 0.4) is 0 Å². The second-order valence-corrected chi connectivity index (χ2v) is 5.90. The zero-order valence-corrected chi connectivity index (χ0v) is 12.6. The fraction of sp³-hybridized carbons (Fsp3) is 0.533. The molecule has 1 aromatic carbocycles. The Balaban J connectivity index is 2.48. The van der Waals surface area contributed by atoms with Gasteiger partial charge in [0.15, 0.2) is 5.96 Å². The van der Waals surface area contributed by atoms with Crippen molar-refractivity contribution in [1.29, 1.82) is 0 Å². The number of hydrogen-bond donors (Lipinski definition) is 2. The topological polar surface area (TPSA) is 36.4 Å². The van der Waals surface area contributed by atoms with E-state index in [-0.39, 0.29) is 17.5 Å². The first kappa shape index (κ1) is 16.4. The zero-order valence-electron chi connectivity index (χ0n) is 12.6. The standard InChI is InChI=1S/C15H23F2N3/c1-15(2,3)7-8-19-14(18-4)20-10-11-9-12(16)5-6-13(11)17/h5-6,9H,7-8,10H2,1-4H3,(H2,18,19,20). The van der Waals surface area contributed by atoms with Crippen LogP contribution in [0.5, 0.6) is 0 Å². The highest BCUT2D eigenvalue weighted by Gasteiger charge is 2.10. The predicted molar refractivity (Wildman–Crippen MR) is 78.6 cm³/mol. The summed E-state index contributed by atoms with van der Waals surface area (Å²) in [5.41, 5.74) is 0.518. The third-order valence-electron chi connectivity index (χ3n) is 2.85. The van der Waals surface area contributed by atoms with Gasteiger partial charge in [-0.05, 0) is 30.0 Å². The van der Waals surface area contributed by atoms with E-state index in [0.717, 1.165) is 25.1 Å². The molecule has 1 aromatic rings. The van der Waals surface area contributed by atoms with Gasteiger partial charge in [-0.2, -0.15) is 0 Å². The molecule has 1 rings (SSSR count). The highest BCUT2D eigenvalue weighted by Crippen LogP contribution is 2.16. The molecule has 0 radical (unpaired) electrons. The molecule has 0 saturated heterocycles. The molecule has 0 aliphatic heterocycles. The second kappa shape index (κ2) is 7.22. The average molecular weight is 283 g/mol. The third-order valence-corrected chi connectivity index (χ3v) is 2.85. The van der Waals surface area contributed by atoms with Crippen LogP contribution in [0.15, 0.2) is 23.2 Å². The molecule has 0 amide bonds. The summed E-state index contributed by atoms with van der Waals surface area (Å²) in [6.07, 6.45) is 0.988. The van der Waals surface area contributed by atoms with Crippen molar-refractivity contribution in [2.24, 2.45) is 10.4 Å². The van der Waals surface area contributed by atoms with Crippen molar-refractivity contribution in [1.82, 2.24) is 10.6 Å². The van der Waals surface area contributed by atoms with E-state index < -0.39 is 11.6 Å². The quantitative estimate of drug-likeness (QED) is 0.658. The minimum Gasteiger partial charge on any atom is -0.356 e. The smallest absolute Gasteiger partial charge is 0.191 e. The van der Waals surface area contributed by atoms with Gasteiger partial charge in [0.2, 0.25) is 0 Å². The molecular formula is C15H23F2N3. The van der Waals surface area contributed by atoms with Gasteiger partial charge < -0.3 is 10.6 Å². The predicted octanol–water partition coefficient (Wildman–Crippen LogP) is 3.07. The van der Waals surface area contributed by atoms with Crippen LogP contribution >= 0.6 is 0 Å². The minimum atomic E-state index is -0.445. The van der Waals surface area contributed by atoms with Crippen molar-refractivity contribution in [3.63, 3.8) is 0 Å². The fourth-order valence-corrected chi connectivity index (χ4v) is 1.63. The molecule has 0 bridgehead atoms. The molecule has 0 fully saturated rings. The normalized spacial score (nSPS) is 12.4. The Kier molecular flexibility index (Phi) is 5.92. The Hall–Kier alpha value is -1.65. The van der Waals surface area contributed by atoms with E-state index in [2.05, 4.69) is 36.4 Å². The average Bonchev–Trinajstić information content (AvgIpc) is 2.36. The Morgan fingerprint density at radius 3 is 2.50 bits per heavy atom. The van der Waals surface area contributed by atoms with Crippen LogP contribution in [-0.4, -0.2) is 19.6 Å². The molecule has 2 N–H and O–H groups in total. The molecule has 0 saturated carbocycles. The number of benzene rings is 1. The van der Waals surface area contributed by atoms with E-state index in [1.807, 2.05) is 0 Å². The maximum atomic E-state index is 13.5. The molecule has 20 heavy (non-hydrogen) atoms. The number of nitrogens with one attached hydrogen (secondary N) is 2.